The van der Waals surface area contributed by atoms with Gasteiger partial charge in [0.25, 0.3) is 0 Å². The van der Waals surface area contributed by atoms with E-state index in [1.165, 1.54) is 5.45 Å². The van der Waals surface area contributed by atoms with E-state index in [0.717, 1.165) is 6.42 Å². The lowest BCUT2D eigenvalue weighted by Gasteiger charge is -1.99. The van der Waals surface area contributed by atoms with Crippen molar-refractivity contribution in [2.45, 2.75) is 13.3 Å². The topological polar surface area (TPSA) is 14.0 Å². The Morgan fingerprint density at radius 3 is 3.10 bits per heavy atom. The molecule has 1 N–H and O–H groups in total. The van der Waals surface area contributed by atoms with Crippen molar-refractivity contribution < 1.29 is 4.99 Å². The lowest BCUT2D eigenvalue weighted by Crippen LogP contribution is -2.64. The van der Waals surface area contributed by atoms with Gasteiger partial charge in [0.15, 0.2) is 11.7 Å². The van der Waals surface area contributed by atoms with E-state index in [0.29, 0.717) is 0 Å². The first kappa shape index (κ1) is 7.68. The van der Waals surface area contributed by atoms with Crippen LogP contribution in [0.1, 0.15) is 13.3 Å². The zero-order chi connectivity index (χ0) is 7.40. The molecule has 0 aromatic heterocycles. The number of hydrogen-bond acceptors (Lipinski definition) is 0. The van der Waals surface area contributed by atoms with Crippen molar-refractivity contribution in [3.05, 3.63) is 24.2 Å². The second kappa shape index (κ2) is 3.68. The second-order valence-corrected chi connectivity index (χ2v) is 4.55. The SMILES string of the molecule is CC1=[NH+]C=CC/C=C\P1C. The Hall–Kier alpha value is -0.420. The summed E-state index contributed by atoms with van der Waals surface area (Å²) in [7, 11) is -0.0228. The normalized spacial score (nSPS) is 28.6. The minimum Gasteiger partial charge on any atom is -0.215 e. The van der Waals surface area contributed by atoms with E-state index in [1.807, 2.05) is 6.20 Å². The molecule has 2 heteroatoms. The number of allylic oxidation sites excluding steroid dienone is 2. The molecule has 1 nitrogen and oxygen atoms in total. The van der Waals surface area contributed by atoms with Crippen LogP contribution < -0.4 is 4.99 Å². The molecule has 0 amide bonds. The zero-order valence-corrected chi connectivity index (χ0v) is 7.36. The molecule has 1 aliphatic heterocycles. The maximum atomic E-state index is 3.25. The summed E-state index contributed by atoms with van der Waals surface area (Å²) in [6.45, 7) is 4.40. The van der Waals surface area contributed by atoms with Crippen LogP contribution >= 0.6 is 7.92 Å². The minimum atomic E-state index is -0.0228. The summed E-state index contributed by atoms with van der Waals surface area (Å²) in [6.07, 6.45) is 7.44. The fourth-order valence-electron chi connectivity index (χ4n) is 0.759. The first-order chi connectivity index (χ1) is 4.80. The summed E-state index contributed by atoms with van der Waals surface area (Å²) in [4.78, 5) is 3.25. The standard InChI is InChI=1S/C8H12NP/c1-8-9-6-4-3-5-7-10(8)2/h4-7H,3H2,1-2H3/p+1/b6-4?,7-5-,9-8?. The van der Waals surface area contributed by atoms with Gasteiger partial charge in [-0.15, -0.1) is 0 Å². The molecule has 54 valence electrons. The average Bonchev–Trinajstić information content (AvgIpc) is 1.92. The third-order valence-electron chi connectivity index (χ3n) is 1.54. The molecule has 0 saturated carbocycles. The molecule has 1 aliphatic rings. The smallest absolute Gasteiger partial charge is 0.176 e. The first-order valence-electron chi connectivity index (χ1n) is 3.45. The molecule has 1 atom stereocenters. The van der Waals surface area contributed by atoms with Crippen LogP contribution in [0.5, 0.6) is 0 Å². The van der Waals surface area contributed by atoms with Gasteiger partial charge in [0, 0.05) is 14.8 Å². The van der Waals surface area contributed by atoms with Crippen LogP contribution in [0.3, 0.4) is 0 Å². The van der Waals surface area contributed by atoms with Crippen molar-refractivity contribution in [2.24, 2.45) is 0 Å². The summed E-state index contributed by atoms with van der Waals surface area (Å²) in [5.41, 5.74) is 1.38. The lowest BCUT2D eigenvalue weighted by molar-refractivity contribution is -0.370. The molecule has 0 spiro atoms. The van der Waals surface area contributed by atoms with Crippen LogP contribution in [0.2, 0.25) is 0 Å². The third kappa shape index (κ3) is 2.07. The van der Waals surface area contributed by atoms with E-state index in [4.69, 9.17) is 0 Å². The summed E-state index contributed by atoms with van der Waals surface area (Å²) in [5.74, 6) is 2.29. The predicted molar refractivity (Wildman–Crippen MR) is 47.4 cm³/mol. The van der Waals surface area contributed by atoms with E-state index >= 15 is 0 Å². The summed E-state index contributed by atoms with van der Waals surface area (Å²) >= 11 is 0. The van der Waals surface area contributed by atoms with E-state index in [1.54, 1.807) is 0 Å². The molecule has 0 fully saturated rings. The van der Waals surface area contributed by atoms with Gasteiger partial charge >= 0.3 is 0 Å². The van der Waals surface area contributed by atoms with Crippen molar-refractivity contribution in [1.82, 2.24) is 0 Å². The monoisotopic (exact) mass is 154 g/mol. The van der Waals surface area contributed by atoms with Crippen molar-refractivity contribution in [1.29, 1.82) is 0 Å². The number of hydrogen-bond donors (Lipinski definition) is 1. The lowest BCUT2D eigenvalue weighted by atomic mass is 10.4. The van der Waals surface area contributed by atoms with Gasteiger partial charge in [-0.2, -0.15) is 0 Å². The van der Waals surface area contributed by atoms with Gasteiger partial charge in [0.05, 0.1) is 0 Å². The van der Waals surface area contributed by atoms with Crippen LogP contribution in [0.25, 0.3) is 0 Å². The number of nitrogens with one attached hydrogen (secondary N) is 1. The molecule has 0 radical (unpaired) electrons. The van der Waals surface area contributed by atoms with Gasteiger partial charge in [-0.1, -0.05) is 11.9 Å². The van der Waals surface area contributed by atoms with Gasteiger partial charge in [0.2, 0.25) is 0 Å². The van der Waals surface area contributed by atoms with E-state index in [-0.39, 0.29) is 7.92 Å². The fourth-order valence-corrected chi connectivity index (χ4v) is 1.70. The minimum absolute atomic E-state index is 0.0228. The molecule has 1 unspecified atom stereocenters. The molecule has 0 bridgehead atoms. The largest absolute Gasteiger partial charge is 0.215 e. The predicted octanol–water partition coefficient (Wildman–Crippen LogP) is 1.03. The molecule has 0 aromatic rings. The van der Waals surface area contributed by atoms with Crippen molar-refractivity contribution >= 4 is 13.4 Å². The summed E-state index contributed by atoms with van der Waals surface area (Å²) in [5, 5.41) is 0. The van der Waals surface area contributed by atoms with Crippen molar-refractivity contribution in [2.75, 3.05) is 6.66 Å². The Labute approximate surface area is 63.3 Å². The molecule has 0 aliphatic carbocycles. The van der Waals surface area contributed by atoms with Gasteiger partial charge in [-0.25, -0.2) is 4.99 Å². The van der Waals surface area contributed by atoms with Gasteiger partial charge < -0.3 is 0 Å². The molecule has 0 saturated heterocycles. The maximum absolute atomic E-state index is 3.25. The Morgan fingerprint density at radius 2 is 2.30 bits per heavy atom. The van der Waals surface area contributed by atoms with E-state index < -0.39 is 0 Å². The van der Waals surface area contributed by atoms with E-state index in [2.05, 4.69) is 36.6 Å². The van der Waals surface area contributed by atoms with Gasteiger partial charge in [0.1, 0.15) is 0 Å². The highest BCUT2D eigenvalue weighted by atomic mass is 31.1. The maximum Gasteiger partial charge on any atom is 0.176 e. The molecule has 1 heterocycles. The van der Waals surface area contributed by atoms with Crippen molar-refractivity contribution in [3.8, 4) is 0 Å². The zero-order valence-electron chi connectivity index (χ0n) is 6.46. The highest BCUT2D eigenvalue weighted by Gasteiger charge is 2.05. The average molecular weight is 154 g/mol. The Bertz CT molecular complexity index is 191. The van der Waals surface area contributed by atoms with Crippen LogP contribution in [-0.2, 0) is 0 Å². The van der Waals surface area contributed by atoms with Crippen LogP contribution in [0.4, 0.5) is 0 Å². The molecule has 0 aromatic carbocycles. The Kier molecular flexibility index (Phi) is 2.82. The quantitative estimate of drug-likeness (QED) is 0.501. The Morgan fingerprint density at radius 1 is 1.50 bits per heavy atom. The highest BCUT2D eigenvalue weighted by Crippen LogP contribution is 2.31. The molecule has 1 rings (SSSR count). The molecular weight excluding hydrogens is 141 g/mol. The second-order valence-electron chi connectivity index (χ2n) is 2.36. The van der Waals surface area contributed by atoms with Crippen LogP contribution in [-0.4, -0.2) is 12.1 Å². The Balaban J connectivity index is 2.77. The fraction of sp³-hybridized carbons (Fsp3) is 0.375. The van der Waals surface area contributed by atoms with Gasteiger partial charge in [-0.3, -0.25) is 0 Å². The van der Waals surface area contributed by atoms with Crippen LogP contribution in [0.15, 0.2) is 24.2 Å². The van der Waals surface area contributed by atoms with Crippen LogP contribution in [0, 0.1) is 0 Å². The molecular formula is C8H13NP+. The number of rotatable bonds is 0. The summed E-state index contributed by atoms with van der Waals surface area (Å²) in [6, 6.07) is 0. The first-order valence-corrected chi connectivity index (χ1v) is 5.31. The van der Waals surface area contributed by atoms with E-state index in [9.17, 15) is 0 Å². The highest BCUT2D eigenvalue weighted by molar-refractivity contribution is 7.76. The molecule has 10 heavy (non-hydrogen) atoms. The summed E-state index contributed by atoms with van der Waals surface area (Å²) < 4.78 is 0. The third-order valence-corrected chi connectivity index (χ3v) is 3.39. The van der Waals surface area contributed by atoms with Gasteiger partial charge in [-0.05, 0) is 19.2 Å². The van der Waals surface area contributed by atoms with Crippen molar-refractivity contribution in [3.63, 3.8) is 0 Å².